The summed E-state index contributed by atoms with van der Waals surface area (Å²) in [5, 5.41) is 0. The highest BCUT2D eigenvalue weighted by molar-refractivity contribution is 5.94. The van der Waals surface area contributed by atoms with Crippen LogP contribution in [0.1, 0.15) is 41.9 Å². The van der Waals surface area contributed by atoms with E-state index in [1.807, 2.05) is 60.4 Å². The standard InChI is InChI=1S/C21H23N3O2/c1-2-26-17-9-5-7-15(13-17)21(25)24-12-6-8-16(14-24)20-22-18-10-3-4-11-19(18)23-20/h3-5,7,9-11,13,16H,2,6,8,12,14H2,1H3,(H,22,23)/t16-/m1/s1. The number of imidazole rings is 1. The third-order valence-electron chi connectivity index (χ3n) is 4.89. The number of hydrogen-bond acceptors (Lipinski definition) is 3. The molecule has 1 aliphatic heterocycles. The Morgan fingerprint density at radius 3 is 3.00 bits per heavy atom. The molecule has 1 aliphatic rings. The van der Waals surface area contributed by atoms with Gasteiger partial charge in [0.2, 0.25) is 0 Å². The summed E-state index contributed by atoms with van der Waals surface area (Å²) < 4.78 is 5.52. The number of nitrogens with zero attached hydrogens (tertiary/aromatic N) is 2. The van der Waals surface area contributed by atoms with Crippen molar-refractivity contribution in [2.24, 2.45) is 0 Å². The van der Waals surface area contributed by atoms with E-state index in [0.717, 1.165) is 42.0 Å². The van der Waals surface area contributed by atoms with Gasteiger partial charge in [-0.05, 0) is 50.1 Å². The number of H-pyrrole nitrogens is 1. The van der Waals surface area contributed by atoms with Crippen molar-refractivity contribution in [2.75, 3.05) is 19.7 Å². The van der Waals surface area contributed by atoms with E-state index in [1.54, 1.807) is 0 Å². The number of rotatable bonds is 4. The van der Waals surface area contributed by atoms with E-state index in [9.17, 15) is 4.79 Å². The fraction of sp³-hybridized carbons (Fsp3) is 0.333. The van der Waals surface area contributed by atoms with Gasteiger partial charge in [-0.1, -0.05) is 18.2 Å². The molecule has 4 rings (SSSR count). The summed E-state index contributed by atoms with van der Waals surface area (Å²) in [5.41, 5.74) is 2.71. The zero-order valence-electron chi connectivity index (χ0n) is 14.9. The van der Waals surface area contributed by atoms with Crippen LogP contribution in [-0.2, 0) is 0 Å². The lowest BCUT2D eigenvalue weighted by Crippen LogP contribution is -2.39. The first-order valence-electron chi connectivity index (χ1n) is 9.21. The van der Waals surface area contributed by atoms with Crippen molar-refractivity contribution in [3.05, 3.63) is 59.9 Å². The van der Waals surface area contributed by atoms with Crippen LogP contribution >= 0.6 is 0 Å². The van der Waals surface area contributed by atoms with Gasteiger partial charge >= 0.3 is 0 Å². The molecule has 1 N–H and O–H groups in total. The Morgan fingerprint density at radius 1 is 1.27 bits per heavy atom. The van der Waals surface area contributed by atoms with Gasteiger partial charge in [0.25, 0.3) is 5.91 Å². The Bertz CT molecular complexity index is 885. The minimum absolute atomic E-state index is 0.0624. The molecule has 0 saturated carbocycles. The normalized spacial score (nSPS) is 17.4. The summed E-state index contributed by atoms with van der Waals surface area (Å²) in [5.74, 6) is 2.03. The Kier molecular flexibility index (Phi) is 4.61. The maximum absolute atomic E-state index is 12.9. The molecular formula is C21H23N3O2. The minimum atomic E-state index is 0.0624. The number of carbonyl (C=O) groups is 1. The second-order valence-corrected chi connectivity index (χ2v) is 6.69. The van der Waals surface area contributed by atoms with Crippen molar-refractivity contribution in [1.82, 2.24) is 14.9 Å². The molecule has 0 bridgehead atoms. The molecule has 1 saturated heterocycles. The van der Waals surface area contributed by atoms with Gasteiger partial charge in [0.15, 0.2) is 0 Å². The highest BCUT2D eigenvalue weighted by Gasteiger charge is 2.27. The average molecular weight is 349 g/mol. The molecule has 0 aliphatic carbocycles. The first-order valence-corrected chi connectivity index (χ1v) is 9.21. The summed E-state index contributed by atoms with van der Waals surface area (Å²) in [6.45, 7) is 4.01. The highest BCUT2D eigenvalue weighted by Crippen LogP contribution is 2.28. The second-order valence-electron chi connectivity index (χ2n) is 6.69. The fourth-order valence-corrected chi connectivity index (χ4v) is 3.62. The molecule has 5 nitrogen and oxygen atoms in total. The quantitative estimate of drug-likeness (QED) is 0.775. The summed E-state index contributed by atoms with van der Waals surface area (Å²) in [4.78, 5) is 23.0. The van der Waals surface area contributed by atoms with Crippen LogP contribution in [0.3, 0.4) is 0 Å². The lowest BCUT2D eigenvalue weighted by molar-refractivity contribution is 0.0704. The third kappa shape index (κ3) is 3.29. The summed E-state index contributed by atoms with van der Waals surface area (Å²) in [7, 11) is 0. The number of aromatic nitrogens is 2. The molecule has 0 spiro atoms. The number of benzene rings is 2. The van der Waals surface area contributed by atoms with Crippen molar-refractivity contribution in [3.63, 3.8) is 0 Å². The minimum Gasteiger partial charge on any atom is -0.494 e. The number of aromatic amines is 1. The van der Waals surface area contributed by atoms with Crippen molar-refractivity contribution in [2.45, 2.75) is 25.7 Å². The van der Waals surface area contributed by atoms with Crippen LogP contribution < -0.4 is 4.74 Å². The molecule has 5 heteroatoms. The first-order chi connectivity index (χ1) is 12.7. The van der Waals surface area contributed by atoms with E-state index in [-0.39, 0.29) is 11.8 Å². The van der Waals surface area contributed by atoms with Crippen LogP contribution in [0.25, 0.3) is 11.0 Å². The summed E-state index contributed by atoms with van der Waals surface area (Å²) >= 11 is 0. The number of para-hydroxylation sites is 2. The smallest absolute Gasteiger partial charge is 0.254 e. The largest absolute Gasteiger partial charge is 0.494 e. The second kappa shape index (κ2) is 7.20. The van der Waals surface area contributed by atoms with Gasteiger partial charge in [0.1, 0.15) is 11.6 Å². The van der Waals surface area contributed by atoms with Gasteiger partial charge in [-0.3, -0.25) is 4.79 Å². The van der Waals surface area contributed by atoms with Crippen molar-refractivity contribution < 1.29 is 9.53 Å². The molecule has 1 fully saturated rings. The molecule has 134 valence electrons. The monoisotopic (exact) mass is 349 g/mol. The van der Waals surface area contributed by atoms with Crippen molar-refractivity contribution >= 4 is 16.9 Å². The van der Waals surface area contributed by atoms with Crippen LogP contribution in [0.2, 0.25) is 0 Å². The lowest BCUT2D eigenvalue weighted by atomic mass is 9.96. The van der Waals surface area contributed by atoms with E-state index in [1.165, 1.54) is 0 Å². The predicted octanol–water partition coefficient (Wildman–Crippen LogP) is 3.98. The Morgan fingerprint density at radius 2 is 2.15 bits per heavy atom. The van der Waals surface area contributed by atoms with Gasteiger partial charge in [-0.15, -0.1) is 0 Å². The topological polar surface area (TPSA) is 58.2 Å². The molecule has 0 radical (unpaired) electrons. The van der Waals surface area contributed by atoms with Crippen LogP contribution in [0, 0.1) is 0 Å². The molecule has 1 aromatic heterocycles. The predicted molar refractivity (Wildman–Crippen MR) is 102 cm³/mol. The molecule has 26 heavy (non-hydrogen) atoms. The number of likely N-dealkylation sites (tertiary alicyclic amines) is 1. The first kappa shape index (κ1) is 16.6. The number of carbonyl (C=O) groups excluding carboxylic acids is 1. The van der Waals surface area contributed by atoms with Crippen LogP contribution in [0.15, 0.2) is 48.5 Å². The van der Waals surface area contributed by atoms with E-state index in [4.69, 9.17) is 9.72 Å². The fourth-order valence-electron chi connectivity index (χ4n) is 3.62. The Balaban J connectivity index is 1.52. The number of nitrogens with one attached hydrogen (secondary N) is 1. The van der Waals surface area contributed by atoms with E-state index in [2.05, 4.69) is 4.98 Å². The van der Waals surface area contributed by atoms with Crippen LogP contribution in [0.5, 0.6) is 5.75 Å². The SMILES string of the molecule is CCOc1cccc(C(=O)N2CCC[C@@H](c3nc4ccccc4[nH]3)C2)c1. The van der Waals surface area contributed by atoms with Crippen molar-refractivity contribution in [3.8, 4) is 5.75 Å². The van der Waals surface area contributed by atoms with Crippen LogP contribution in [-0.4, -0.2) is 40.5 Å². The van der Waals surface area contributed by atoms with E-state index in [0.29, 0.717) is 18.7 Å². The zero-order valence-corrected chi connectivity index (χ0v) is 14.9. The Labute approximate surface area is 153 Å². The maximum atomic E-state index is 12.9. The molecule has 2 aromatic carbocycles. The molecule has 3 aromatic rings. The average Bonchev–Trinajstić information content (AvgIpc) is 3.12. The lowest BCUT2D eigenvalue weighted by Gasteiger charge is -2.32. The van der Waals surface area contributed by atoms with Gasteiger partial charge in [-0.25, -0.2) is 4.98 Å². The van der Waals surface area contributed by atoms with E-state index >= 15 is 0 Å². The summed E-state index contributed by atoms with van der Waals surface area (Å²) in [6, 6.07) is 15.5. The number of fused-ring (bicyclic) bond motifs is 1. The Hall–Kier alpha value is -2.82. The zero-order chi connectivity index (χ0) is 17.9. The van der Waals surface area contributed by atoms with E-state index < -0.39 is 0 Å². The molecule has 2 heterocycles. The van der Waals surface area contributed by atoms with Gasteiger partial charge in [0.05, 0.1) is 17.6 Å². The number of hydrogen-bond donors (Lipinski definition) is 1. The molecular weight excluding hydrogens is 326 g/mol. The van der Waals surface area contributed by atoms with Gasteiger partial charge in [0, 0.05) is 24.6 Å². The highest BCUT2D eigenvalue weighted by atomic mass is 16.5. The molecule has 0 unspecified atom stereocenters. The number of piperidine rings is 1. The third-order valence-corrected chi connectivity index (χ3v) is 4.89. The number of amides is 1. The van der Waals surface area contributed by atoms with Crippen molar-refractivity contribution in [1.29, 1.82) is 0 Å². The number of ether oxygens (including phenoxy) is 1. The van der Waals surface area contributed by atoms with Crippen LogP contribution in [0.4, 0.5) is 0 Å². The van der Waals surface area contributed by atoms with Gasteiger partial charge in [-0.2, -0.15) is 0 Å². The van der Waals surface area contributed by atoms with Gasteiger partial charge < -0.3 is 14.6 Å². The maximum Gasteiger partial charge on any atom is 0.254 e. The molecule has 1 atom stereocenters. The summed E-state index contributed by atoms with van der Waals surface area (Å²) in [6.07, 6.45) is 2.03. The molecule has 1 amide bonds.